The topological polar surface area (TPSA) is 88.9 Å². The number of benzene rings is 1. The number of piperazine rings is 1. The number of halogens is 1. The molecule has 0 bridgehead atoms. The second-order valence-electron chi connectivity index (χ2n) is 6.27. The first-order valence-corrected chi connectivity index (χ1v) is 10.5. The van der Waals surface area contributed by atoms with Gasteiger partial charge in [0.2, 0.25) is 10.9 Å². The van der Waals surface area contributed by atoms with E-state index in [0.717, 1.165) is 12.0 Å². The van der Waals surface area contributed by atoms with E-state index in [1.54, 1.807) is 6.92 Å². The molecule has 9 heteroatoms. The molecule has 0 radical (unpaired) electrons. The van der Waals surface area contributed by atoms with Gasteiger partial charge in [-0.2, -0.15) is 4.31 Å². The monoisotopic (exact) mass is 428 g/mol. The number of furan rings is 1. The van der Waals surface area contributed by atoms with Crippen LogP contribution in [0.25, 0.3) is 0 Å². The van der Waals surface area contributed by atoms with Crippen LogP contribution in [0.1, 0.15) is 41.6 Å². The van der Waals surface area contributed by atoms with Gasteiger partial charge in [0, 0.05) is 19.6 Å². The predicted octanol–water partition coefficient (Wildman–Crippen LogP) is 2.78. The molecule has 28 heavy (non-hydrogen) atoms. The molecule has 1 unspecified atom stereocenters. The molecule has 0 amide bonds. The van der Waals surface area contributed by atoms with Crippen LogP contribution in [0.2, 0.25) is 0 Å². The number of aryl methyl sites for hydroxylation is 1. The van der Waals surface area contributed by atoms with E-state index in [1.165, 1.54) is 22.0 Å². The zero-order valence-corrected chi connectivity index (χ0v) is 17.5. The van der Waals surface area contributed by atoms with Gasteiger partial charge in [-0.3, -0.25) is 0 Å². The lowest BCUT2D eigenvalue weighted by molar-refractivity contribution is 0.0483. The molecule has 0 saturated carbocycles. The molecule has 7 nitrogen and oxygen atoms in total. The zero-order valence-electron chi connectivity index (χ0n) is 15.9. The second-order valence-corrected chi connectivity index (χ2v) is 8.09. The number of hydrogen-bond acceptors (Lipinski definition) is 6. The lowest BCUT2D eigenvalue weighted by atomic mass is 10.0. The predicted molar refractivity (Wildman–Crippen MR) is 107 cm³/mol. The van der Waals surface area contributed by atoms with Crippen molar-refractivity contribution in [3.8, 4) is 0 Å². The minimum atomic E-state index is -3.88. The van der Waals surface area contributed by atoms with E-state index in [9.17, 15) is 13.2 Å². The highest BCUT2D eigenvalue weighted by Gasteiger charge is 2.36. The Kier molecular flexibility index (Phi) is 7.65. The number of esters is 1. The summed E-state index contributed by atoms with van der Waals surface area (Å²) in [6, 6.07) is 10.3. The van der Waals surface area contributed by atoms with E-state index in [4.69, 9.17) is 9.15 Å². The molecule has 1 aromatic carbocycles. The molecule has 1 saturated heterocycles. The van der Waals surface area contributed by atoms with Gasteiger partial charge in [0.25, 0.3) is 10.0 Å². The van der Waals surface area contributed by atoms with E-state index in [-0.39, 0.29) is 35.9 Å². The summed E-state index contributed by atoms with van der Waals surface area (Å²) in [4.78, 5) is 11.8. The summed E-state index contributed by atoms with van der Waals surface area (Å²) < 4.78 is 37.9. The first-order chi connectivity index (χ1) is 13.0. The van der Waals surface area contributed by atoms with E-state index in [0.29, 0.717) is 19.6 Å². The maximum atomic E-state index is 13.1. The van der Waals surface area contributed by atoms with Crippen LogP contribution in [0.3, 0.4) is 0 Å². The van der Waals surface area contributed by atoms with E-state index >= 15 is 0 Å². The van der Waals surface area contributed by atoms with E-state index < -0.39 is 16.0 Å². The average molecular weight is 429 g/mol. The molecule has 1 atom stereocenters. The van der Waals surface area contributed by atoms with Crippen LogP contribution in [0.4, 0.5) is 0 Å². The first kappa shape index (κ1) is 22.4. The van der Waals surface area contributed by atoms with Gasteiger partial charge < -0.3 is 14.5 Å². The summed E-state index contributed by atoms with van der Waals surface area (Å²) in [5.74, 6) is -0.791. The van der Waals surface area contributed by atoms with Crippen LogP contribution in [0.15, 0.2) is 45.9 Å². The van der Waals surface area contributed by atoms with Crippen molar-refractivity contribution in [1.29, 1.82) is 0 Å². The number of rotatable bonds is 6. The normalized spacial score (nSPS) is 17.7. The maximum absolute atomic E-state index is 13.1. The number of sulfonamides is 1. The standard InChI is InChI=1S/C19H24N2O5S.ClH/c1-3-14-5-7-15(8-6-14)16-13-20-11-12-21(16)27(23,24)18-10-9-17(26-18)19(22)25-4-2;/h5-10,16,20H,3-4,11-13H2,1-2H3;1H. The van der Waals surface area contributed by atoms with Crippen molar-refractivity contribution in [1.82, 2.24) is 9.62 Å². The van der Waals surface area contributed by atoms with Crippen molar-refractivity contribution in [3.63, 3.8) is 0 Å². The number of hydrogen-bond donors (Lipinski definition) is 1. The van der Waals surface area contributed by atoms with Crippen molar-refractivity contribution in [2.45, 2.75) is 31.4 Å². The van der Waals surface area contributed by atoms with Gasteiger partial charge in [0.05, 0.1) is 12.6 Å². The lowest BCUT2D eigenvalue weighted by Gasteiger charge is -2.34. The molecule has 1 fully saturated rings. The van der Waals surface area contributed by atoms with Gasteiger partial charge in [-0.25, -0.2) is 13.2 Å². The van der Waals surface area contributed by atoms with Crippen molar-refractivity contribution < 1.29 is 22.4 Å². The fourth-order valence-electron chi connectivity index (χ4n) is 3.12. The first-order valence-electron chi connectivity index (χ1n) is 9.05. The quantitative estimate of drug-likeness (QED) is 0.711. The molecule has 0 spiro atoms. The van der Waals surface area contributed by atoms with Crippen molar-refractivity contribution in [3.05, 3.63) is 53.3 Å². The van der Waals surface area contributed by atoms with Gasteiger partial charge in [-0.05, 0) is 36.6 Å². The SMILES string of the molecule is CCOC(=O)c1ccc(S(=O)(=O)N2CCNCC2c2ccc(CC)cc2)o1.Cl. The lowest BCUT2D eigenvalue weighted by Crippen LogP contribution is -2.48. The highest BCUT2D eigenvalue weighted by molar-refractivity contribution is 7.89. The third-order valence-electron chi connectivity index (χ3n) is 4.59. The number of nitrogens with one attached hydrogen (secondary N) is 1. The van der Waals surface area contributed by atoms with Crippen LogP contribution >= 0.6 is 12.4 Å². The van der Waals surface area contributed by atoms with E-state index in [2.05, 4.69) is 12.2 Å². The van der Waals surface area contributed by atoms with Crippen molar-refractivity contribution in [2.24, 2.45) is 0 Å². The van der Waals surface area contributed by atoms with Gasteiger partial charge in [-0.1, -0.05) is 31.2 Å². The van der Waals surface area contributed by atoms with Crippen molar-refractivity contribution in [2.75, 3.05) is 26.2 Å². The Morgan fingerprint density at radius 1 is 1.21 bits per heavy atom. The Morgan fingerprint density at radius 3 is 2.57 bits per heavy atom. The highest BCUT2D eigenvalue weighted by Crippen LogP contribution is 2.30. The van der Waals surface area contributed by atoms with Crippen molar-refractivity contribution >= 4 is 28.4 Å². The summed E-state index contributed by atoms with van der Waals surface area (Å²) in [5.41, 5.74) is 2.11. The Morgan fingerprint density at radius 2 is 1.93 bits per heavy atom. The Labute approximate surface area is 171 Å². The largest absolute Gasteiger partial charge is 0.460 e. The molecule has 154 valence electrons. The van der Waals surface area contributed by atoms with Crippen LogP contribution in [0, 0.1) is 0 Å². The van der Waals surface area contributed by atoms with Gasteiger partial charge in [0.1, 0.15) is 0 Å². The number of ether oxygens (including phenoxy) is 1. The van der Waals surface area contributed by atoms with Crippen LogP contribution < -0.4 is 5.32 Å². The third-order valence-corrected chi connectivity index (χ3v) is 6.37. The Bertz CT molecular complexity index is 895. The number of nitrogens with zero attached hydrogens (tertiary/aromatic N) is 1. The second kappa shape index (κ2) is 9.56. The Balaban J connectivity index is 0.00000280. The van der Waals surface area contributed by atoms with Gasteiger partial charge >= 0.3 is 5.97 Å². The molecule has 1 aliphatic rings. The number of carbonyl (C=O) groups is 1. The highest BCUT2D eigenvalue weighted by atomic mass is 35.5. The van der Waals surface area contributed by atoms with Gasteiger partial charge in [0.15, 0.2) is 0 Å². The average Bonchev–Trinajstić information content (AvgIpc) is 3.19. The molecular weight excluding hydrogens is 404 g/mol. The molecular formula is C19H25ClN2O5S. The molecule has 1 aliphatic heterocycles. The molecule has 2 heterocycles. The minimum Gasteiger partial charge on any atom is -0.460 e. The summed E-state index contributed by atoms with van der Waals surface area (Å²) in [5, 5.41) is 3.00. The number of carbonyl (C=O) groups excluding carboxylic acids is 1. The van der Waals surface area contributed by atoms with Gasteiger partial charge in [-0.15, -0.1) is 12.4 Å². The zero-order chi connectivity index (χ0) is 19.4. The Hall–Kier alpha value is -1.87. The summed E-state index contributed by atoms with van der Waals surface area (Å²) >= 11 is 0. The fourth-order valence-corrected chi connectivity index (χ4v) is 4.65. The molecule has 3 rings (SSSR count). The molecule has 1 N–H and O–H groups in total. The summed E-state index contributed by atoms with van der Waals surface area (Å²) in [7, 11) is -3.88. The van der Waals surface area contributed by atoms with Crippen LogP contribution in [-0.2, 0) is 21.2 Å². The minimum absolute atomic E-state index is 0. The summed E-state index contributed by atoms with van der Waals surface area (Å²) in [6.45, 7) is 5.32. The molecule has 2 aromatic rings. The van der Waals surface area contributed by atoms with E-state index in [1.807, 2.05) is 24.3 Å². The van der Waals surface area contributed by atoms with Crippen LogP contribution in [-0.4, -0.2) is 44.9 Å². The summed E-state index contributed by atoms with van der Waals surface area (Å²) in [6.07, 6.45) is 0.925. The smallest absolute Gasteiger partial charge is 0.374 e. The van der Waals surface area contributed by atoms with Crippen LogP contribution in [0.5, 0.6) is 0 Å². The molecule has 1 aromatic heterocycles. The fraction of sp³-hybridized carbons (Fsp3) is 0.421. The molecule has 0 aliphatic carbocycles. The third kappa shape index (κ3) is 4.57. The maximum Gasteiger partial charge on any atom is 0.374 e.